The van der Waals surface area contributed by atoms with Crippen LogP contribution in [-0.4, -0.2) is 42.1 Å². The molecule has 0 unspecified atom stereocenters. The van der Waals surface area contributed by atoms with Gasteiger partial charge in [-0.15, -0.1) is 0 Å². The summed E-state index contributed by atoms with van der Waals surface area (Å²) in [6.07, 6.45) is 1.54. The summed E-state index contributed by atoms with van der Waals surface area (Å²) in [7, 11) is 0. The Morgan fingerprint density at radius 1 is 1.14 bits per heavy atom. The van der Waals surface area contributed by atoms with Gasteiger partial charge in [0.25, 0.3) is 5.91 Å². The minimum Gasteiger partial charge on any atom is -0.378 e. The number of pyridine rings is 1. The smallest absolute Gasteiger partial charge is 0.256 e. The molecule has 0 bridgehead atoms. The number of aryl methyl sites for hydroxylation is 1. The highest BCUT2D eigenvalue weighted by atomic mass is 19.2. The summed E-state index contributed by atoms with van der Waals surface area (Å²) in [5.74, 6) is -1.46. The lowest BCUT2D eigenvalue weighted by molar-refractivity contribution is 0.0304. The third kappa shape index (κ3) is 3.41. The Hall–Kier alpha value is -3.06. The Balaban J connectivity index is 1.76. The van der Waals surface area contributed by atoms with E-state index in [-0.39, 0.29) is 5.91 Å². The van der Waals surface area contributed by atoms with Gasteiger partial charge in [0, 0.05) is 41.8 Å². The third-order valence-electron chi connectivity index (χ3n) is 4.83. The molecule has 2 heterocycles. The minimum absolute atomic E-state index is 0.0884. The number of carbonyl (C=O) groups is 1. The van der Waals surface area contributed by atoms with E-state index in [0.29, 0.717) is 43.4 Å². The quantitative estimate of drug-likeness (QED) is 0.742. The molecule has 144 valence electrons. The van der Waals surface area contributed by atoms with Crippen molar-refractivity contribution in [2.75, 3.05) is 31.6 Å². The van der Waals surface area contributed by atoms with E-state index in [9.17, 15) is 13.6 Å². The highest BCUT2D eigenvalue weighted by Gasteiger charge is 2.22. The molecule has 1 fully saturated rings. The van der Waals surface area contributed by atoms with Crippen molar-refractivity contribution in [1.29, 1.82) is 0 Å². The average molecular weight is 383 g/mol. The number of hydrogen-bond donors (Lipinski definition) is 1. The average Bonchev–Trinajstić information content (AvgIpc) is 2.71. The molecule has 1 saturated heterocycles. The maximum atomic E-state index is 13.5. The molecule has 0 aliphatic carbocycles. The van der Waals surface area contributed by atoms with Gasteiger partial charge in [0.2, 0.25) is 0 Å². The summed E-state index contributed by atoms with van der Waals surface area (Å²) in [4.78, 5) is 19.2. The summed E-state index contributed by atoms with van der Waals surface area (Å²) in [6.45, 7) is 4.06. The molecule has 0 atom stereocenters. The van der Waals surface area contributed by atoms with Gasteiger partial charge in [-0.1, -0.05) is 18.2 Å². The molecule has 1 aliphatic rings. The molecule has 1 aliphatic heterocycles. The van der Waals surface area contributed by atoms with Crippen molar-refractivity contribution in [2.24, 2.45) is 0 Å². The molecule has 28 heavy (non-hydrogen) atoms. The number of fused-ring (bicyclic) bond motifs is 1. The summed E-state index contributed by atoms with van der Waals surface area (Å²) in [5.41, 5.74) is 1.83. The van der Waals surface area contributed by atoms with Crippen molar-refractivity contribution in [3.05, 3.63) is 65.4 Å². The SMILES string of the molecule is Cc1cccc2c(Nc3ccc(F)c(F)c3)ncc(C(=O)N3CCOCC3)c12. The first-order valence-electron chi connectivity index (χ1n) is 9.02. The van der Waals surface area contributed by atoms with Crippen LogP contribution in [0.2, 0.25) is 0 Å². The summed E-state index contributed by atoms with van der Waals surface area (Å²) in [6, 6.07) is 9.23. The lowest BCUT2D eigenvalue weighted by atomic mass is 10.0. The van der Waals surface area contributed by atoms with E-state index in [1.54, 1.807) is 4.90 Å². The van der Waals surface area contributed by atoms with Crippen molar-refractivity contribution in [3.63, 3.8) is 0 Å². The monoisotopic (exact) mass is 383 g/mol. The van der Waals surface area contributed by atoms with Gasteiger partial charge in [0.1, 0.15) is 5.82 Å². The molecule has 0 radical (unpaired) electrons. The zero-order valence-electron chi connectivity index (χ0n) is 15.3. The zero-order valence-corrected chi connectivity index (χ0v) is 15.3. The fraction of sp³-hybridized carbons (Fsp3) is 0.238. The van der Waals surface area contributed by atoms with Crippen LogP contribution in [0.15, 0.2) is 42.6 Å². The largest absolute Gasteiger partial charge is 0.378 e. The molecule has 4 rings (SSSR count). The summed E-state index contributed by atoms with van der Waals surface area (Å²) in [5, 5.41) is 4.56. The Bertz CT molecular complexity index is 1050. The van der Waals surface area contributed by atoms with Crippen LogP contribution in [0.25, 0.3) is 10.8 Å². The molecule has 1 aromatic heterocycles. The van der Waals surface area contributed by atoms with Crippen LogP contribution in [0.5, 0.6) is 0 Å². The zero-order chi connectivity index (χ0) is 19.7. The number of nitrogens with one attached hydrogen (secondary N) is 1. The third-order valence-corrected chi connectivity index (χ3v) is 4.83. The van der Waals surface area contributed by atoms with Gasteiger partial charge in [-0.2, -0.15) is 0 Å². The first-order valence-corrected chi connectivity index (χ1v) is 9.02. The molecular formula is C21H19F2N3O2. The van der Waals surface area contributed by atoms with Gasteiger partial charge in [-0.3, -0.25) is 4.79 Å². The molecule has 1 N–H and O–H groups in total. The first-order chi connectivity index (χ1) is 13.5. The predicted octanol–water partition coefficient (Wildman–Crippen LogP) is 4.04. The first kappa shape index (κ1) is 18.3. The number of ether oxygens (including phenoxy) is 1. The Morgan fingerprint density at radius 2 is 1.93 bits per heavy atom. The Labute approximate surface area is 160 Å². The highest BCUT2D eigenvalue weighted by molar-refractivity contribution is 6.10. The number of amides is 1. The van der Waals surface area contributed by atoms with Crippen LogP contribution in [0.1, 0.15) is 15.9 Å². The number of nitrogens with zero attached hydrogens (tertiary/aromatic N) is 2. The second kappa shape index (κ2) is 7.52. The highest BCUT2D eigenvalue weighted by Crippen LogP contribution is 2.30. The van der Waals surface area contributed by atoms with Crippen molar-refractivity contribution in [3.8, 4) is 0 Å². The standard InChI is InChI=1S/C21H19F2N3O2/c1-13-3-2-4-15-19(13)16(21(27)26-7-9-28-10-8-26)12-24-20(15)25-14-5-6-17(22)18(23)11-14/h2-6,11-12H,7-10H2,1H3,(H,24,25). The topological polar surface area (TPSA) is 54.5 Å². The van der Waals surface area contributed by atoms with E-state index in [4.69, 9.17) is 4.74 Å². The second-order valence-electron chi connectivity index (χ2n) is 6.68. The van der Waals surface area contributed by atoms with E-state index >= 15 is 0 Å². The molecular weight excluding hydrogens is 364 g/mol. The number of hydrogen-bond acceptors (Lipinski definition) is 4. The summed E-state index contributed by atoms with van der Waals surface area (Å²) >= 11 is 0. The van der Waals surface area contributed by atoms with E-state index in [0.717, 1.165) is 28.5 Å². The lowest BCUT2D eigenvalue weighted by Crippen LogP contribution is -2.40. The lowest BCUT2D eigenvalue weighted by Gasteiger charge is -2.27. The van der Waals surface area contributed by atoms with Crippen LogP contribution < -0.4 is 5.32 Å². The van der Waals surface area contributed by atoms with Crippen molar-refractivity contribution in [2.45, 2.75) is 6.92 Å². The van der Waals surface area contributed by atoms with Crippen LogP contribution in [0.3, 0.4) is 0 Å². The maximum Gasteiger partial charge on any atom is 0.256 e. The van der Waals surface area contributed by atoms with E-state index in [2.05, 4.69) is 10.3 Å². The molecule has 0 spiro atoms. The molecule has 0 saturated carbocycles. The van der Waals surface area contributed by atoms with Crippen LogP contribution in [-0.2, 0) is 4.74 Å². The molecule has 3 aromatic rings. The van der Waals surface area contributed by atoms with Crippen molar-refractivity contribution in [1.82, 2.24) is 9.88 Å². The number of carbonyl (C=O) groups excluding carboxylic acids is 1. The van der Waals surface area contributed by atoms with Gasteiger partial charge in [0.15, 0.2) is 11.6 Å². The molecule has 7 heteroatoms. The fourth-order valence-electron chi connectivity index (χ4n) is 3.39. The molecule has 5 nitrogen and oxygen atoms in total. The fourth-order valence-corrected chi connectivity index (χ4v) is 3.39. The van der Waals surface area contributed by atoms with Gasteiger partial charge < -0.3 is 15.0 Å². The minimum atomic E-state index is -0.940. The number of anilines is 2. The van der Waals surface area contributed by atoms with Crippen molar-refractivity contribution < 1.29 is 18.3 Å². The number of morpholine rings is 1. The summed E-state index contributed by atoms with van der Waals surface area (Å²) < 4.78 is 32.1. The number of benzene rings is 2. The van der Waals surface area contributed by atoms with Gasteiger partial charge in [-0.25, -0.2) is 13.8 Å². The number of halogens is 2. The van der Waals surface area contributed by atoms with Gasteiger partial charge in [-0.05, 0) is 24.6 Å². The van der Waals surface area contributed by atoms with E-state index in [1.165, 1.54) is 12.3 Å². The van der Waals surface area contributed by atoms with Crippen LogP contribution in [0, 0.1) is 18.6 Å². The van der Waals surface area contributed by atoms with Gasteiger partial charge >= 0.3 is 0 Å². The molecule has 2 aromatic carbocycles. The maximum absolute atomic E-state index is 13.5. The van der Waals surface area contributed by atoms with E-state index < -0.39 is 11.6 Å². The van der Waals surface area contributed by atoms with Crippen LogP contribution in [0.4, 0.5) is 20.3 Å². The van der Waals surface area contributed by atoms with Crippen molar-refractivity contribution >= 4 is 28.2 Å². The normalized spacial score (nSPS) is 14.3. The number of aromatic nitrogens is 1. The molecule has 1 amide bonds. The van der Waals surface area contributed by atoms with Crippen LogP contribution >= 0.6 is 0 Å². The Kier molecular flexibility index (Phi) is 4.92. The number of rotatable bonds is 3. The Morgan fingerprint density at radius 3 is 2.68 bits per heavy atom. The van der Waals surface area contributed by atoms with E-state index in [1.807, 2.05) is 25.1 Å². The second-order valence-corrected chi connectivity index (χ2v) is 6.68. The van der Waals surface area contributed by atoms with Gasteiger partial charge in [0.05, 0.1) is 18.8 Å². The predicted molar refractivity (Wildman–Crippen MR) is 103 cm³/mol.